The van der Waals surface area contributed by atoms with Gasteiger partial charge in [-0.05, 0) is 64.5 Å². The van der Waals surface area contributed by atoms with E-state index in [-0.39, 0.29) is 0 Å². The van der Waals surface area contributed by atoms with E-state index in [9.17, 15) is 14.4 Å². The molecular formula is C19H15BrN4O3S. The molecule has 2 aromatic carbocycles. The highest BCUT2D eigenvalue weighted by molar-refractivity contribution is 9.11. The molecule has 7 nitrogen and oxygen atoms in total. The first-order valence-corrected chi connectivity index (χ1v) is 9.71. The van der Waals surface area contributed by atoms with Crippen LogP contribution >= 0.6 is 27.3 Å². The number of amides is 4. The van der Waals surface area contributed by atoms with Crippen LogP contribution < -0.4 is 21.5 Å². The third-order valence-corrected chi connectivity index (χ3v) is 5.15. The number of hydrogen-bond acceptors (Lipinski definition) is 4. The van der Waals surface area contributed by atoms with Crippen LogP contribution in [0.4, 0.5) is 16.2 Å². The summed E-state index contributed by atoms with van der Waals surface area (Å²) in [5.74, 6) is -0.871. The third kappa shape index (κ3) is 5.41. The summed E-state index contributed by atoms with van der Waals surface area (Å²) in [6.07, 6.45) is 0. The number of benzene rings is 2. The van der Waals surface area contributed by atoms with Gasteiger partial charge in [0.1, 0.15) is 0 Å². The molecule has 0 radical (unpaired) electrons. The molecule has 0 aliphatic carbocycles. The van der Waals surface area contributed by atoms with Gasteiger partial charge in [-0.2, -0.15) is 0 Å². The molecule has 0 saturated heterocycles. The molecule has 9 heteroatoms. The Morgan fingerprint density at radius 2 is 1.32 bits per heavy atom. The second kappa shape index (κ2) is 9.16. The number of thiophene rings is 1. The van der Waals surface area contributed by atoms with E-state index < -0.39 is 17.8 Å². The number of urea groups is 1. The minimum Gasteiger partial charge on any atom is -0.308 e. The number of carbonyl (C=O) groups is 3. The summed E-state index contributed by atoms with van der Waals surface area (Å²) in [6, 6.07) is 18.3. The van der Waals surface area contributed by atoms with Gasteiger partial charge in [0.05, 0.1) is 8.66 Å². The molecular weight excluding hydrogens is 444 g/mol. The van der Waals surface area contributed by atoms with Crippen molar-refractivity contribution in [2.75, 3.05) is 10.6 Å². The zero-order valence-corrected chi connectivity index (χ0v) is 16.8. The molecule has 0 saturated carbocycles. The molecule has 4 N–H and O–H groups in total. The summed E-state index contributed by atoms with van der Waals surface area (Å²) in [6.45, 7) is 0. The second-order valence-corrected chi connectivity index (χ2v) is 8.00. The molecule has 0 atom stereocenters. The van der Waals surface area contributed by atoms with Gasteiger partial charge in [-0.15, -0.1) is 11.3 Å². The van der Waals surface area contributed by atoms with E-state index >= 15 is 0 Å². The highest BCUT2D eigenvalue weighted by atomic mass is 79.9. The maximum Gasteiger partial charge on any atom is 0.323 e. The van der Waals surface area contributed by atoms with Crippen LogP contribution in [0.2, 0.25) is 0 Å². The van der Waals surface area contributed by atoms with E-state index in [1.54, 1.807) is 48.5 Å². The lowest BCUT2D eigenvalue weighted by atomic mass is 10.2. The smallest absolute Gasteiger partial charge is 0.308 e. The summed E-state index contributed by atoms with van der Waals surface area (Å²) >= 11 is 4.53. The van der Waals surface area contributed by atoms with Crippen molar-refractivity contribution in [3.63, 3.8) is 0 Å². The van der Waals surface area contributed by atoms with Crippen LogP contribution in [-0.4, -0.2) is 17.8 Å². The third-order valence-electron chi connectivity index (χ3n) is 3.52. The lowest BCUT2D eigenvalue weighted by Crippen LogP contribution is -2.41. The van der Waals surface area contributed by atoms with Gasteiger partial charge in [0.2, 0.25) is 0 Å². The van der Waals surface area contributed by atoms with Crippen molar-refractivity contribution in [1.82, 2.24) is 10.9 Å². The minimum atomic E-state index is -0.468. The zero-order chi connectivity index (χ0) is 19.9. The van der Waals surface area contributed by atoms with E-state index in [1.807, 2.05) is 18.2 Å². The number of hydrogen-bond donors (Lipinski definition) is 4. The van der Waals surface area contributed by atoms with Gasteiger partial charge in [-0.25, -0.2) is 4.79 Å². The van der Waals surface area contributed by atoms with Gasteiger partial charge in [-0.1, -0.05) is 18.2 Å². The fourth-order valence-electron chi connectivity index (χ4n) is 2.20. The maximum atomic E-state index is 12.1. The van der Waals surface area contributed by atoms with Gasteiger partial charge < -0.3 is 10.6 Å². The summed E-state index contributed by atoms with van der Waals surface area (Å²) in [5.41, 5.74) is 6.24. The van der Waals surface area contributed by atoms with Crippen molar-refractivity contribution in [1.29, 1.82) is 0 Å². The van der Waals surface area contributed by atoms with Crippen LogP contribution in [0.5, 0.6) is 0 Å². The average Bonchev–Trinajstić information content (AvgIpc) is 3.13. The van der Waals surface area contributed by atoms with Gasteiger partial charge in [0, 0.05) is 16.9 Å². The SMILES string of the molecule is O=C(Nc1ccccc1)Nc1ccc(C(=O)NNC(=O)c2ccc(Br)s2)cc1. The molecule has 1 heterocycles. The topological polar surface area (TPSA) is 99.3 Å². The first kappa shape index (κ1) is 19.6. The molecule has 0 unspecified atom stereocenters. The first-order chi connectivity index (χ1) is 13.5. The predicted molar refractivity (Wildman–Crippen MR) is 112 cm³/mol. The number of nitrogens with one attached hydrogen (secondary N) is 4. The number of hydrazine groups is 1. The molecule has 0 bridgehead atoms. The van der Waals surface area contributed by atoms with Crippen LogP contribution in [0.25, 0.3) is 0 Å². The Morgan fingerprint density at radius 1 is 0.714 bits per heavy atom. The van der Waals surface area contributed by atoms with Crippen LogP contribution in [0.1, 0.15) is 20.0 Å². The van der Waals surface area contributed by atoms with Crippen molar-refractivity contribution in [2.24, 2.45) is 0 Å². The van der Waals surface area contributed by atoms with Crippen molar-refractivity contribution in [3.8, 4) is 0 Å². The van der Waals surface area contributed by atoms with Gasteiger partial charge >= 0.3 is 6.03 Å². The molecule has 0 spiro atoms. The molecule has 0 aliphatic heterocycles. The lowest BCUT2D eigenvalue weighted by molar-refractivity contribution is 0.0849. The molecule has 3 aromatic rings. The van der Waals surface area contributed by atoms with Crippen LogP contribution in [0.3, 0.4) is 0 Å². The molecule has 3 rings (SSSR count). The normalized spacial score (nSPS) is 10.0. The first-order valence-electron chi connectivity index (χ1n) is 8.10. The van der Waals surface area contributed by atoms with Crippen LogP contribution in [-0.2, 0) is 0 Å². The number of para-hydroxylation sites is 1. The van der Waals surface area contributed by atoms with Crippen molar-refractivity contribution < 1.29 is 14.4 Å². The fourth-order valence-corrected chi connectivity index (χ4v) is 3.48. The predicted octanol–water partition coefficient (Wildman–Crippen LogP) is 4.23. The summed E-state index contributed by atoms with van der Waals surface area (Å²) in [4.78, 5) is 36.5. The Balaban J connectivity index is 1.51. The van der Waals surface area contributed by atoms with E-state index in [2.05, 4.69) is 37.4 Å². The summed E-state index contributed by atoms with van der Waals surface area (Å²) in [7, 11) is 0. The minimum absolute atomic E-state index is 0.335. The van der Waals surface area contributed by atoms with Crippen molar-refractivity contribution >= 4 is 56.5 Å². The van der Waals surface area contributed by atoms with E-state index in [4.69, 9.17) is 0 Å². The second-order valence-electron chi connectivity index (χ2n) is 5.53. The maximum absolute atomic E-state index is 12.1. The summed E-state index contributed by atoms with van der Waals surface area (Å²) in [5, 5.41) is 5.37. The lowest BCUT2D eigenvalue weighted by Gasteiger charge is -2.09. The Hall–Kier alpha value is -3.17. The largest absolute Gasteiger partial charge is 0.323 e. The summed E-state index contributed by atoms with van der Waals surface area (Å²) < 4.78 is 0.823. The number of carbonyl (C=O) groups excluding carboxylic acids is 3. The molecule has 142 valence electrons. The van der Waals surface area contributed by atoms with Gasteiger partial charge in [0.25, 0.3) is 11.8 Å². The quantitative estimate of drug-likeness (QED) is 0.440. The highest BCUT2D eigenvalue weighted by Gasteiger charge is 2.11. The fraction of sp³-hybridized carbons (Fsp3) is 0. The van der Waals surface area contributed by atoms with E-state index in [0.29, 0.717) is 21.8 Å². The van der Waals surface area contributed by atoms with Gasteiger partial charge in [-0.3, -0.25) is 20.4 Å². The standard InChI is InChI=1S/C19H15BrN4O3S/c20-16-11-10-15(28-16)18(26)24-23-17(25)12-6-8-14(9-7-12)22-19(27)21-13-4-2-1-3-5-13/h1-11H,(H,23,25)(H,24,26)(H2,21,22,27). The van der Waals surface area contributed by atoms with Crippen LogP contribution in [0, 0.1) is 0 Å². The van der Waals surface area contributed by atoms with E-state index in [1.165, 1.54) is 11.3 Å². The average molecular weight is 459 g/mol. The molecule has 1 aromatic heterocycles. The Labute approximate surface area is 173 Å². The number of halogens is 1. The van der Waals surface area contributed by atoms with Gasteiger partial charge in [0.15, 0.2) is 0 Å². The number of anilines is 2. The van der Waals surface area contributed by atoms with Crippen LogP contribution in [0.15, 0.2) is 70.5 Å². The van der Waals surface area contributed by atoms with Crippen molar-refractivity contribution in [3.05, 3.63) is 81.0 Å². The van der Waals surface area contributed by atoms with Crippen molar-refractivity contribution in [2.45, 2.75) is 0 Å². The highest BCUT2D eigenvalue weighted by Crippen LogP contribution is 2.21. The zero-order valence-electron chi connectivity index (χ0n) is 14.4. The molecule has 0 aliphatic rings. The van der Waals surface area contributed by atoms with E-state index in [0.717, 1.165) is 3.79 Å². The number of rotatable bonds is 4. The monoisotopic (exact) mass is 458 g/mol. The molecule has 0 fully saturated rings. The molecule has 28 heavy (non-hydrogen) atoms. The Morgan fingerprint density at radius 3 is 1.93 bits per heavy atom. The Bertz CT molecular complexity index is 990. The Kier molecular flexibility index (Phi) is 6.41. The molecule has 4 amide bonds.